The van der Waals surface area contributed by atoms with Gasteiger partial charge < -0.3 is 15.2 Å². The zero-order valence-corrected chi connectivity index (χ0v) is 13.4. The van der Waals surface area contributed by atoms with Gasteiger partial charge in [-0.25, -0.2) is 0 Å². The number of rotatable bonds is 7. The van der Waals surface area contributed by atoms with Gasteiger partial charge in [-0.3, -0.25) is 4.79 Å². The molecular formula is C13H18BrNO3S. The van der Waals surface area contributed by atoms with Crippen molar-refractivity contribution < 1.29 is 14.3 Å². The molecule has 0 saturated carbocycles. The van der Waals surface area contributed by atoms with Crippen LogP contribution in [0.1, 0.15) is 12.0 Å². The predicted octanol–water partition coefficient (Wildman–Crippen LogP) is 2.58. The normalized spacial score (nSPS) is 12.0. The van der Waals surface area contributed by atoms with Gasteiger partial charge in [-0.1, -0.05) is 6.07 Å². The van der Waals surface area contributed by atoms with E-state index in [0.717, 1.165) is 21.7 Å². The first-order valence-electron chi connectivity index (χ1n) is 5.82. The highest BCUT2D eigenvalue weighted by molar-refractivity contribution is 9.10. The second kappa shape index (κ2) is 8.45. The van der Waals surface area contributed by atoms with E-state index in [1.165, 1.54) is 12.7 Å². The van der Waals surface area contributed by atoms with Crippen molar-refractivity contribution >= 4 is 33.7 Å². The molecule has 1 rings (SSSR count). The summed E-state index contributed by atoms with van der Waals surface area (Å²) in [5.41, 5.74) is 6.86. The molecule has 0 spiro atoms. The Morgan fingerprint density at radius 3 is 2.79 bits per heavy atom. The number of ether oxygens (including phenoxy) is 2. The Hall–Kier alpha value is -0.720. The minimum absolute atomic E-state index is 0.354. The minimum Gasteiger partial charge on any atom is -0.496 e. The number of esters is 1. The Kier molecular flexibility index (Phi) is 7.27. The van der Waals surface area contributed by atoms with Gasteiger partial charge in [0.25, 0.3) is 0 Å². The van der Waals surface area contributed by atoms with Gasteiger partial charge in [0.15, 0.2) is 0 Å². The zero-order valence-electron chi connectivity index (χ0n) is 11.0. The van der Waals surface area contributed by atoms with Crippen LogP contribution in [-0.2, 0) is 15.3 Å². The lowest BCUT2D eigenvalue weighted by Gasteiger charge is -2.09. The summed E-state index contributed by atoms with van der Waals surface area (Å²) in [5, 5.41) is 0. The van der Waals surface area contributed by atoms with E-state index < -0.39 is 6.04 Å². The fourth-order valence-corrected chi connectivity index (χ4v) is 3.04. The van der Waals surface area contributed by atoms with Crippen molar-refractivity contribution in [3.05, 3.63) is 28.2 Å². The number of nitrogens with two attached hydrogens (primary N) is 1. The van der Waals surface area contributed by atoms with Crippen LogP contribution in [0.4, 0.5) is 0 Å². The topological polar surface area (TPSA) is 61.5 Å². The molecule has 1 aromatic carbocycles. The van der Waals surface area contributed by atoms with Crippen molar-refractivity contribution in [1.29, 1.82) is 0 Å². The van der Waals surface area contributed by atoms with Crippen LogP contribution in [0, 0.1) is 0 Å². The van der Waals surface area contributed by atoms with Crippen LogP contribution in [0.3, 0.4) is 0 Å². The number of thioether (sulfide) groups is 1. The van der Waals surface area contributed by atoms with E-state index in [0.29, 0.717) is 6.42 Å². The Bertz CT molecular complexity index is 428. The standard InChI is InChI=1S/C13H18BrNO3S/c1-17-12-4-3-9(7-10(12)14)8-19-6-5-11(15)13(16)18-2/h3-4,7,11H,5-6,8,15H2,1-2H3. The van der Waals surface area contributed by atoms with Gasteiger partial charge in [-0.15, -0.1) is 0 Å². The zero-order chi connectivity index (χ0) is 14.3. The highest BCUT2D eigenvalue weighted by atomic mass is 79.9. The van der Waals surface area contributed by atoms with E-state index in [-0.39, 0.29) is 5.97 Å². The summed E-state index contributed by atoms with van der Waals surface area (Å²) < 4.78 is 10.7. The summed E-state index contributed by atoms with van der Waals surface area (Å²) in [7, 11) is 2.99. The Balaban J connectivity index is 2.33. The summed E-state index contributed by atoms with van der Waals surface area (Å²) >= 11 is 5.19. The van der Waals surface area contributed by atoms with Crippen molar-refractivity contribution in [3.8, 4) is 5.75 Å². The number of benzene rings is 1. The molecule has 106 valence electrons. The molecule has 4 nitrogen and oxygen atoms in total. The average Bonchev–Trinajstić information content (AvgIpc) is 2.42. The lowest BCUT2D eigenvalue weighted by atomic mass is 10.2. The largest absolute Gasteiger partial charge is 0.496 e. The second-order valence-electron chi connectivity index (χ2n) is 3.94. The SMILES string of the molecule is COC(=O)C(N)CCSCc1ccc(OC)c(Br)c1. The highest BCUT2D eigenvalue weighted by Crippen LogP contribution is 2.27. The fraction of sp³-hybridized carbons (Fsp3) is 0.462. The molecule has 1 unspecified atom stereocenters. The molecule has 0 aliphatic rings. The Labute approximate surface area is 126 Å². The van der Waals surface area contributed by atoms with Crippen LogP contribution in [0.5, 0.6) is 5.75 Å². The maximum atomic E-state index is 11.1. The van der Waals surface area contributed by atoms with E-state index in [1.54, 1.807) is 18.9 Å². The number of methoxy groups -OCH3 is 2. The van der Waals surface area contributed by atoms with E-state index in [4.69, 9.17) is 10.5 Å². The van der Waals surface area contributed by atoms with Gasteiger partial charge in [-0.05, 0) is 45.8 Å². The molecule has 0 aliphatic heterocycles. The number of carbonyl (C=O) groups is 1. The van der Waals surface area contributed by atoms with Gasteiger partial charge in [0.05, 0.1) is 18.7 Å². The van der Waals surface area contributed by atoms with Crippen molar-refractivity contribution in [2.24, 2.45) is 5.73 Å². The summed E-state index contributed by atoms with van der Waals surface area (Å²) in [6.45, 7) is 0. The molecule has 0 fully saturated rings. The second-order valence-corrected chi connectivity index (χ2v) is 5.90. The highest BCUT2D eigenvalue weighted by Gasteiger charge is 2.12. The number of carbonyl (C=O) groups excluding carboxylic acids is 1. The molecule has 2 N–H and O–H groups in total. The first kappa shape index (κ1) is 16.3. The molecule has 0 bridgehead atoms. The van der Waals surface area contributed by atoms with Crippen LogP contribution in [0.2, 0.25) is 0 Å². The van der Waals surface area contributed by atoms with Crippen LogP contribution < -0.4 is 10.5 Å². The summed E-state index contributed by atoms with van der Waals surface area (Å²) in [5.74, 6) is 2.16. The number of halogens is 1. The lowest BCUT2D eigenvalue weighted by Crippen LogP contribution is -2.31. The van der Waals surface area contributed by atoms with E-state index >= 15 is 0 Å². The van der Waals surface area contributed by atoms with Gasteiger partial charge >= 0.3 is 5.97 Å². The first-order valence-corrected chi connectivity index (χ1v) is 7.76. The monoisotopic (exact) mass is 347 g/mol. The van der Waals surface area contributed by atoms with Crippen LogP contribution in [-0.4, -0.2) is 32.0 Å². The van der Waals surface area contributed by atoms with E-state index in [9.17, 15) is 4.79 Å². The summed E-state index contributed by atoms with van der Waals surface area (Å²) in [4.78, 5) is 11.1. The third kappa shape index (κ3) is 5.42. The molecular weight excluding hydrogens is 330 g/mol. The first-order chi connectivity index (χ1) is 9.08. The van der Waals surface area contributed by atoms with E-state index in [2.05, 4.69) is 20.7 Å². The molecule has 0 radical (unpaired) electrons. The summed E-state index contributed by atoms with van der Waals surface area (Å²) in [6, 6.07) is 5.46. The van der Waals surface area contributed by atoms with Crippen molar-refractivity contribution in [1.82, 2.24) is 0 Å². The molecule has 0 aliphatic carbocycles. The Morgan fingerprint density at radius 2 is 2.21 bits per heavy atom. The Morgan fingerprint density at radius 1 is 1.47 bits per heavy atom. The van der Waals surface area contributed by atoms with Crippen LogP contribution in [0.15, 0.2) is 22.7 Å². The predicted molar refractivity (Wildman–Crippen MR) is 81.5 cm³/mol. The number of hydrogen-bond acceptors (Lipinski definition) is 5. The van der Waals surface area contributed by atoms with Crippen molar-refractivity contribution in [2.75, 3.05) is 20.0 Å². The smallest absolute Gasteiger partial charge is 0.322 e. The molecule has 0 heterocycles. The lowest BCUT2D eigenvalue weighted by molar-refractivity contribution is -0.142. The van der Waals surface area contributed by atoms with Gasteiger partial charge in [0.2, 0.25) is 0 Å². The third-order valence-corrected chi connectivity index (χ3v) is 4.24. The molecule has 0 aromatic heterocycles. The number of hydrogen-bond donors (Lipinski definition) is 1. The van der Waals surface area contributed by atoms with Crippen molar-refractivity contribution in [3.63, 3.8) is 0 Å². The third-order valence-electron chi connectivity index (χ3n) is 2.56. The van der Waals surface area contributed by atoms with Crippen LogP contribution >= 0.6 is 27.7 Å². The van der Waals surface area contributed by atoms with Gasteiger partial charge in [0, 0.05) is 5.75 Å². The molecule has 19 heavy (non-hydrogen) atoms. The average molecular weight is 348 g/mol. The molecule has 0 amide bonds. The summed E-state index contributed by atoms with van der Waals surface area (Å²) in [6.07, 6.45) is 0.620. The molecule has 6 heteroatoms. The van der Waals surface area contributed by atoms with Crippen molar-refractivity contribution in [2.45, 2.75) is 18.2 Å². The van der Waals surface area contributed by atoms with E-state index in [1.807, 2.05) is 18.2 Å². The van der Waals surface area contributed by atoms with Crippen LogP contribution in [0.25, 0.3) is 0 Å². The minimum atomic E-state index is -0.528. The molecule has 1 aromatic rings. The molecule has 0 saturated heterocycles. The van der Waals surface area contributed by atoms with Gasteiger partial charge in [-0.2, -0.15) is 11.8 Å². The quantitative estimate of drug-likeness (QED) is 0.606. The van der Waals surface area contributed by atoms with Gasteiger partial charge in [0.1, 0.15) is 11.8 Å². The fourth-order valence-electron chi connectivity index (χ4n) is 1.47. The molecule has 1 atom stereocenters. The maximum absolute atomic E-state index is 11.1. The maximum Gasteiger partial charge on any atom is 0.322 e.